The second-order valence-electron chi connectivity index (χ2n) is 3.92. The largest absolute Gasteiger partial charge is 0.476 e. The summed E-state index contributed by atoms with van der Waals surface area (Å²) >= 11 is 0. The summed E-state index contributed by atoms with van der Waals surface area (Å²) in [7, 11) is 0. The van der Waals surface area contributed by atoms with Crippen molar-refractivity contribution in [2.75, 3.05) is 6.61 Å². The van der Waals surface area contributed by atoms with Crippen LogP contribution in [0.5, 0.6) is 0 Å². The van der Waals surface area contributed by atoms with Crippen LogP contribution in [0.4, 0.5) is 0 Å². The first kappa shape index (κ1) is 9.28. The van der Waals surface area contributed by atoms with E-state index in [0.717, 1.165) is 11.5 Å². The molecule has 1 aliphatic carbocycles. The molecule has 2 aliphatic rings. The average molecular weight is 211 g/mol. The summed E-state index contributed by atoms with van der Waals surface area (Å²) < 4.78 is 5.67. The second kappa shape index (κ2) is 3.89. The fourth-order valence-corrected chi connectivity index (χ4v) is 1.97. The standard InChI is InChI=1S/C14H13NO/c1-2-6-11(7-3-1)13-10-16-14(15-13)12-8-4-5-9-12/h1-9,13,15H,10H2/t13-/m1/s1. The molecule has 0 bridgehead atoms. The van der Waals surface area contributed by atoms with Crippen molar-refractivity contribution in [3.8, 4) is 0 Å². The molecule has 1 aromatic rings. The molecular formula is C14H13NO. The van der Waals surface area contributed by atoms with Crippen LogP contribution >= 0.6 is 0 Å². The van der Waals surface area contributed by atoms with Gasteiger partial charge in [0.1, 0.15) is 6.61 Å². The number of ether oxygens (including phenoxy) is 1. The van der Waals surface area contributed by atoms with Gasteiger partial charge in [-0.25, -0.2) is 0 Å². The van der Waals surface area contributed by atoms with Crippen LogP contribution in [0.15, 0.2) is 66.1 Å². The summed E-state index contributed by atoms with van der Waals surface area (Å²) in [5.74, 6) is 0.888. The van der Waals surface area contributed by atoms with Crippen molar-refractivity contribution in [3.63, 3.8) is 0 Å². The maximum Gasteiger partial charge on any atom is 0.194 e. The number of hydrogen-bond acceptors (Lipinski definition) is 2. The third kappa shape index (κ3) is 1.63. The van der Waals surface area contributed by atoms with Gasteiger partial charge in [0.2, 0.25) is 0 Å². The summed E-state index contributed by atoms with van der Waals surface area (Å²) in [6.45, 7) is 0.699. The third-order valence-corrected chi connectivity index (χ3v) is 2.83. The Hall–Kier alpha value is -1.96. The van der Waals surface area contributed by atoms with Crippen molar-refractivity contribution in [2.45, 2.75) is 6.04 Å². The van der Waals surface area contributed by atoms with Crippen molar-refractivity contribution < 1.29 is 4.74 Å². The lowest BCUT2D eigenvalue weighted by atomic mass is 10.1. The Bertz CT molecular complexity index is 457. The van der Waals surface area contributed by atoms with Gasteiger partial charge in [0, 0.05) is 5.57 Å². The molecule has 0 amide bonds. The zero-order chi connectivity index (χ0) is 10.8. The van der Waals surface area contributed by atoms with E-state index >= 15 is 0 Å². The highest BCUT2D eigenvalue weighted by Gasteiger charge is 2.22. The Morgan fingerprint density at radius 2 is 1.81 bits per heavy atom. The fourth-order valence-electron chi connectivity index (χ4n) is 1.97. The Labute approximate surface area is 94.9 Å². The van der Waals surface area contributed by atoms with Gasteiger partial charge < -0.3 is 10.1 Å². The van der Waals surface area contributed by atoms with Crippen molar-refractivity contribution >= 4 is 0 Å². The normalized spacial score (nSPS) is 22.4. The van der Waals surface area contributed by atoms with E-state index in [9.17, 15) is 0 Å². The van der Waals surface area contributed by atoms with E-state index in [4.69, 9.17) is 4.74 Å². The molecule has 2 nitrogen and oxygen atoms in total. The lowest BCUT2D eigenvalue weighted by Crippen LogP contribution is -2.14. The molecule has 0 radical (unpaired) electrons. The minimum absolute atomic E-state index is 0.270. The van der Waals surface area contributed by atoms with E-state index in [0.29, 0.717) is 6.61 Å². The zero-order valence-electron chi connectivity index (χ0n) is 8.89. The number of hydrogen-bond donors (Lipinski definition) is 1. The van der Waals surface area contributed by atoms with E-state index in [1.54, 1.807) is 0 Å². The Balaban J connectivity index is 1.82. The van der Waals surface area contributed by atoms with E-state index in [-0.39, 0.29) is 6.04 Å². The maximum absolute atomic E-state index is 5.67. The van der Waals surface area contributed by atoms with Crippen molar-refractivity contribution in [1.29, 1.82) is 0 Å². The zero-order valence-corrected chi connectivity index (χ0v) is 8.89. The van der Waals surface area contributed by atoms with Gasteiger partial charge in [0.15, 0.2) is 5.88 Å². The van der Waals surface area contributed by atoms with Gasteiger partial charge in [-0.2, -0.15) is 0 Å². The highest BCUT2D eigenvalue weighted by molar-refractivity contribution is 5.42. The maximum atomic E-state index is 5.67. The molecule has 0 saturated carbocycles. The lowest BCUT2D eigenvalue weighted by molar-refractivity contribution is 0.253. The Kier molecular flexibility index (Phi) is 2.26. The molecule has 3 rings (SSSR count). The van der Waals surface area contributed by atoms with E-state index in [2.05, 4.69) is 41.7 Å². The average Bonchev–Trinajstić information content (AvgIpc) is 3.01. The molecule has 1 fully saturated rings. The molecule has 16 heavy (non-hydrogen) atoms. The van der Waals surface area contributed by atoms with Crippen LogP contribution in [0.3, 0.4) is 0 Å². The highest BCUT2D eigenvalue weighted by atomic mass is 16.5. The smallest absolute Gasteiger partial charge is 0.194 e. The molecule has 0 aromatic heterocycles. The SMILES string of the molecule is C1=CC(=C2N[C@@H](c3ccccc3)CO2)C=C1. The van der Waals surface area contributed by atoms with Gasteiger partial charge in [0.05, 0.1) is 6.04 Å². The van der Waals surface area contributed by atoms with Crippen molar-refractivity contribution in [1.82, 2.24) is 5.32 Å². The number of benzene rings is 1. The Morgan fingerprint density at radius 3 is 2.56 bits per heavy atom. The molecule has 0 spiro atoms. The summed E-state index contributed by atoms with van der Waals surface area (Å²) in [6.07, 6.45) is 8.14. The summed E-state index contributed by atoms with van der Waals surface area (Å²) in [5.41, 5.74) is 2.39. The van der Waals surface area contributed by atoms with Gasteiger partial charge in [-0.1, -0.05) is 42.5 Å². The number of rotatable bonds is 1. The van der Waals surface area contributed by atoms with Crippen LogP contribution < -0.4 is 5.32 Å². The predicted molar refractivity (Wildman–Crippen MR) is 63.6 cm³/mol. The van der Waals surface area contributed by atoms with E-state index < -0.39 is 0 Å². The molecule has 1 saturated heterocycles. The van der Waals surface area contributed by atoms with Gasteiger partial charge in [0.25, 0.3) is 0 Å². The van der Waals surface area contributed by atoms with Gasteiger partial charge in [-0.15, -0.1) is 0 Å². The van der Waals surface area contributed by atoms with E-state index in [1.165, 1.54) is 5.56 Å². The first-order valence-corrected chi connectivity index (χ1v) is 5.47. The Morgan fingerprint density at radius 1 is 1.06 bits per heavy atom. The highest BCUT2D eigenvalue weighted by Crippen LogP contribution is 2.25. The molecule has 1 aromatic carbocycles. The summed E-state index contributed by atoms with van der Waals surface area (Å²) in [5, 5.41) is 3.40. The molecule has 1 heterocycles. The topological polar surface area (TPSA) is 21.3 Å². The molecule has 2 heteroatoms. The minimum atomic E-state index is 0.270. The van der Waals surface area contributed by atoms with Crippen LogP contribution in [0.25, 0.3) is 0 Å². The first-order valence-electron chi connectivity index (χ1n) is 5.47. The molecule has 1 aliphatic heterocycles. The second-order valence-corrected chi connectivity index (χ2v) is 3.92. The number of nitrogens with one attached hydrogen (secondary N) is 1. The predicted octanol–water partition coefficient (Wildman–Crippen LogP) is 2.69. The molecule has 0 unspecified atom stereocenters. The van der Waals surface area contributed by atoms with Gasteiger partial charge in [-0.05, 0) is 17.7 Å². The van der Waals surface area contributed by atoms with Crippen molar-refractivity contribution in [2.24, 2.45) is 0 Å². The van der Waals surface area contributed by atoms with Crippen LogP contribution in [-0.2, 0) is 4.74 Å². The molecule has 1 atom stereocenters. The molecular weight excluding hydrogens is 198 g/mol. The third-order valence-electron chi connectivity index (χ3n) is 2.83. The number of allylic oxidation sites excluding steroid dienone is 5. The van der Waals surface area contributed by atoms with Gasteiger partial charge >= 0.3 is 0 Å². The van der Waals surface area contributed by atoms with Gasteiger partial charge in [-0.3, -0.25) is 0 Å². The quantitative estimate of drug-likeness (QED) is 0.771. The monoisotopic (exact) mass is 211 g/mol. The first-order chi connectivity index (χ1) is 7.93. The molecule has 1 N–H and O–H groups in total. The fraction of sp³-hybridized carbons (Fsp3) is 0.143. The summed E-state index contributed by atoms with van der Waals surface area (Å²) in [6, 6.07) is 10.6. The lowest BCUT2D eigenvalue weighted by Gasteiger charge is -2.07. The minimum Gasteiger partial charge on any atom is -0.476 e. The summed E-state index contributed by atoms with van der Waals surface area (Å²) in [4.78, 5) is 0. The van der Waals surface area contributed by atoms with Crippen LogP contribution in [0.2, 0.25) is 0 Å². The van der Waals surface area contributed by atoms with Crippen LogP contribution in [0, 0.1) is 0 Å². The van der Waals surface area contributed by atoms with Crippen LogP contribution in [0.1, 0.15) is 11.6 Å². The van der Waals surface area contributed by atoms with Crippen LogP contribution in [-0.4, -0.2) is 6.61 Å². The van der Waals surface area contributed by atoms with Crippen molar-refractivity contribution in [3.05, 3.63) is 71.7 Å². The molecule has 80 valence electrons. The van der Waals surface area contributed by atoms with E-state index in [1.807, 2.05) is 18.2 Å².